The second kappa shape index (κ2) is 2.70. The first-order valence-electron chi connectivity index (χ1n) is 4.38. The number of rotatable bonds is 2. The van der Waals surface area contributed by atoms with E-state index >= 15 is 0 Å². The average Bonchev–Trinajstić information content (AvgIpc) is 2.60. The van der Waals surface area contributed by atoms with Crippen LogP contribution < -0.4 is 11.1 Å². The molecule has 4 unspecified atom stereocenters. The van der Waals surface area contributed by atoms with Crippen LogP contribution in [-0.2, 0) is 9.59 Å². The zero-order valence-electron chi connectivity index (χ0n) is 7.06. The Hall–Kier alpha value is -1.10. The van der Waals surface area contributed by atoms with E-state index in [-0.39, 0.29) is 23.8 Å². The van der Waals surface area contributed by atoms with E-state index in [0.29, 0.717) is 6.42 Å². The molecule has 1 amide bonds. The summed E-state index contributed by atoms with van der Waals surface area (Å²) in [6, 6.07) is -0.848. The smallest absolute Gasteiger partial charge is 0.320 e. The number of fused-ring (bicyclic) bond motifs is 2. The number of hydrogen-bond donors (Lipinski definition) is 3. The lowest BCUT2D eigenvalue weighted by Crippen LogP contribution is -2.48. The predicted octanol–water partition coefficient (Wildman–Crippen LogP) is -1.08. The molecule has 1 saturated heterocycles. The first kappa shape index (κ1) is 8.50. The second-order valence-corrected chi connectivity index (χ2v) is 3.81. The van der Waals surface area contributed by atoms with Gasteiger partial charge in [0.05, 0.1) is 0 Å². The summed E-state index contributed by atoms with van der Waals surface area (Å²) in [5.41, 5.74) is 5.50. The molecule has 0 radical (unpaired) electrons. The summed E-state index contributed by atoms with van der Waals surface area (Å²) in [6.45, 7) is 0. The monoisotopic (exact) mass is 184 g/mol. The fourth-order valence-corrected chi connectivity index (χ4v) is 2.33. The molecule has 4 N–H and O–H groups in total. The minimum Gasteiger partial charge on any atom is -0.480 e. The highest BCUT2D eigenvalue weighted by Crippen LogP contribution is 2.38. The highest BCUT2D eigenvalue weighted by atomic mass is 16.4. The van der Waals surface area contributed by atoms with Gasteiger partial charge in [-0.25, -0.2) is 0 Å². The minimum absolute atomic E-state index is 0.000370. The van der Waals surface area contributed by atoms with Crippen molar-refractivity contribution in [2.24, 2.45) is 17.6 Å². The van der Waals surface area contributed by atoms with Gasteiger partial charge >= 0.3 is 5.97 Å². The molecule has 13 heavy (non-hydrogen) atoms. The third-order valence-corrected chi connectivity index (χ3v) is 3.06. The van der Waals surface area contributed by atoms with Crippen LogP contribution in [0, 0.1) is 11.8 Å². The van der Waals surface area contributed by atoms with Gasteiger partial charge in [-0.2, -0.15) is 0 Å². The minimum atomic E-state index is -0.980. The number of carbonyl (C=O) groups is 2. The van der Waals surface area contributed by atoms with Gasteiger partial charge in [-0.3, -0.25) is 9.59 Å². The molecule has 5 heteroatoms. The van der Waals surface area contributed by atoms with Crippen LogP contribution >= 0.6 is 0 Å². The van der Waals surface area contributed by atoms with Crippen molar-refractivity contribution in [3.8, 4) is 0 Å². The standard InChI is InChI=1S/C8H12N2O3/c9-6(8(12)13)4-1-3-2-5(4)10-7(3)11/h3-6H,1-2,9H2,(H,10,11)(H,12,13). The summed E-state index contributed by atoms with van der Waals surface area (Å²) in [5.74, 6) is -1.01. The molecule has 1 aliphatic carbocycles. The van der Waals surface area contributed by atoms with Crippen molar-refractivity contribution in [3.63, 3.8) is 0 Å². The third kappa shape index (κ3) is 1.19. The zero-order chi connectivity index (χ0) is 9.59. The molecule has 1 aliphatic heterocycles. The molecule has 0 spiro atoms. The Morgan fingerprint density at radius 1 is 1.62 bits per heavy atom. The van der Waals surface area contributed by atoms with Crippen LogP contribution in [0.1, 0.15) is 12.8 Å². The first-order chi connectivity index (χ1) is 6.09. The van der Waals surface area contributed by atoms with E-state index in [1.807, 2.05) is 0 Å². The average molecular weight is 184 g/mol. The first-order valence-corrected chi connectivity index (χ1v) is 4.38. The van der Waals surface area contributed by atoms with Crippen molar-refractivity contribution in [3.05, 3.63) is 0 Å². The lowest BCUT2D eigenvalue weighted by atomic mass is 9.92. The summed E-state index contributed by atoms with van der Waals surface area (Å²) < 4.78 is 0. The Kier molecular flexibility index (Phi) is 1.76. The van der Waals surface area contributed by atoms with Gasteiger partial charge in [0.25, 0.3) is 0 Å². The fraction of sp³-hybridized carbons (Fsp3) is 0.750. The van der Waals surface area contributed by atoms with Crippen LogP contribution in [0.4, 0.5) is 0 Å². The summed E-state index contributed by atoms with van der Waals surface area (Å²) in [6.07, 6.45) is 1.38. The maximum Gasteiger partial charge on any atom is 0.320 e. The molecule has 2 rings (SSSR count). The number of aliphatic carboxylic acids is 1. The molecule has 0 aromatic rings. The number of amides is 1. The van der Waals surface area contributed by atoms with Gasteiger partial charge in [-0.15, -0.1) is 0 Å². The predicted molar refractivity (Wildman–Crippen MR) is 43.8 cm³/mol. The van der Waals surface area contributed by atoms with E-state index in [1.165, 1.54) is 0 Å². The lowest BCUT2D eigenvalue weighted by Gasteiger charge is -2.25. The van der Waals surface area contributed by atoms with Gasteiger partial charge in [-0.1, -0.05) is 0 Å². The van der Waals surface area contributed by atoms with Crippen molar-refractivity contribution >= 4 is 11.9 Å². The van der Waals surface area contributed by atoms with Crippen LogP contribution in [0.25, 0.3) is 0 Å². The van der Waals surface area contributed by atoms with E-state index in [9.17, 15) is 9.59 Å². The summed E-state index contributed by atoms with van der Waals surface area (Å²) in [7, 11) is 0. The van der Waals surface area contributed by atoms with E-state index < -0.39 is 12.0 Å². The van der Waals surface area contributed by atoms with Crippen LogP contribution in [0.2, 0.25) is 0 Å². The normalized spacial score (nSPS) is 38.8. The fourth-order valence-electron chi connectivity index (χ4n) is 2.33. The Balaban J connectivity index is 2.06. The number of carboxylic acids is 1. The molecule has 5 nitrogen and oxygen atoms in total. The van der Waals surface area contributed by atoms with Crippen molar-refractivity contribution in [1.82, 2.24) is 5.32 Å². The molecule has 1 heterocycles. The van der Waals surface area contributed by atoms with Crippen LogP contribution in [0.5, 0.6) is 0 Å². The summed E-state index contributed by atoms with van der Waals surface area (Å²) >= 11 is 0. The molecule has 4 atom stereocenters. The van der Waals surface area contributed by atoms with Crippen molar-refractivity contribution in [2.75, 3.05) is 0 Å². The molecule has 2 aliphatic rings. The Morgan fingerprint density at radius 2 is 2.31 bits per heavy atom. The highest BCUT2D eigenvalue weighted by Gasteiger charge is 2.48. The Labute approximate surface area is 75.3 Å². The third-order valence-electron chi connectivity index (χ3n) is 3.06. The molecule has 72 valence electrons. The molecule has 0 aromatic heterocycles. The SMILES string of the molecule is NC(C(=O)O)C1CC2CC1NC2=O. The largest absolute Gasteiger partial charge is 0.480 e. The van der Waals surface area contributed by atoms with E-state index in [4.69, 9.17) is 10.8 Å². The number of piperidine rings is 1. The molecular formula is C8H12N2O3. The van der Waals surface area contributed by atoms with Gasteiger partial charge in [-0.05, 0) is 12.8 Å². The zero-order valence-corrected chi connectivity index (χ0v) is 7.06. The van der Waals surface area contributed by atoms with Crippen LogP contribution in [0.3, 0.4) is 0 Å². The quantitative estimate of drug-likeness (QED) is 0.509. The van der Waals surface area contributed by atoms with Gasteiger partial charge in [0, 0.05) is 17.9 Å². The maximum atomic E-state index is 11.1. The van der Waals surface area contributed by atoms with Gasteiger partial charge < -0.3 is 16.2 Å². The Morgan fingerprint density at radius 3 is 2.69 bits per heavy atom. The van der Waals surface area contributed by atoms with Crippen LogP contribution in [-0.4, -0.2) is 29.1 Å². The maximum absolute atomic E-state index is 11.1. The van der Waals surface area contributed by atoms with Gasteiger partial charge in [0.15, 0.2) is 0 Å². The number of nitrogens with one attached hydrogen (secondary N) is 1. The topological polar surface area (TPSA) is 92.4 Å². The lowest BCUT2D eigenvalue weighted by molar-refractivity contribution is -0.141. The molecular weight excluding hydrogens is 172 g/mol. The number of hydrogen-bond acceptors (Lipinski definition) is 3. The summed E-state index contributed by atoms with van der Waals surface area (Å²) in [5, 5.41) is 11.5. The molecule has 0 aromatic carbocycles. The Bertz CT molecular complexity index is 266. The molecule has 2 fully saturated rings. The van der Waals surface area contributed by atoms with Gasteiger partial charge in [0.1, 0.15) is 6.04 Å². The van der Waals surface area contributed by atoms with Crippen molar-refractivity contribution < 1.29 is 14.7 Å². The van der Waals surface area contributed by atoms with E-state index in [1.54, 1.807) is 0 Å². The van der Waals surface area contributed by atoms with Gasteiger partial charge in [0.2, 0.25) is 5.91 Å². The van der Waals surface area contributed by atoms with E-state index in [0.717, 1.165) is 6.42 Å². The van der Waals surface area contributed by atoms with Crippen LogP contribution in [0.15, 0.2) is 0 Å². The number of nitrogens with two attached hydrogens (primary N) is 1. The summed E-state index contributed by atoms with van der Waals surface area (Å²) in [4.78, 5) is 21.7. The number of carbonyl (C=O) groups excluding carboxylic acids is 1. The molecule has 2 bridgehead atoms. The highest BCUT2D eigenvalue weighted by molar-refractivity contribution is 5.83. The molecule has 1 saturated carbocycles. The van der Waals surface area contributed by atoms with Crippen molar-refractivity contribution in [2.45, 2.75) is 24.9 Å². The second-order valence-electron chi connectivity index (χ2n) is 3.81. The van der Waals surface area contributed by atoms with Crippen molar-refractivity contribution in [1.29, 1.82) is 0 Å². The number of carboxylic acid groups (broad SMARTS) is 1. The van der Waals surface area contributed by atoms with E-state index in [2.05, 4.69) is 5.32 Å².